The van der Waals surface area contributed by atoms with E-state index >= 15 is 0 Å². The number of carbonyl (C=O) groups excluding carboxylic acids is 1. The van der Waals surface area contributed by atoms with Crippen molar-refractivity contribution in [2.75, 3.05) is 5.32 Å². The van der Waals surface area contributed by atoms with E-state index in [9.17, 15) is 4.79 Å². The molecule has 0 heterocycles. The summed E-state index contributed by atoms with van der Waals surface area (Å²) >= 11 is 1.81. The second-order valence-corrected chi connectivity index (χ2v) is 7.70. The Morgan fingerprint density at radius 1 is 1.30 bits per heavy atom. The Kier molecular flexibility index (Phi) is 8.25. The van der Waals surface area contributed by atoms with E-state index < -0.39 is 0 Å². The molecule has 1 aromatic rings. The number of thioether (sulfide) groups is 1. The van der Waals surface area contributed by atoms with E-state index in [0.29, 0.717) is 12.8 Å². The minimum Gasteiger partial charge on any atom is -0.328 e. The maximum absolute atomic E-state index is 11.7. The smallest absolute Gasteiger partial charge is 0.224 e. The van der Waals surface area contributed by atoms with Gasteiger partial charge in [-0.05, 0) is 37.6 Å². The van der Waals surface area contributed by atoms with E-state index in [1.807, 2.05) is 43.0 Å². The Morgan fingerprint density at radius 2 is 1.85 bits per heavy atom. The normalized spacial score (nSPS) is 12.4. The molecular formula is C15H25ClN2OS. The molecule has 0 aliphatic heterocycles. The van der Waals surface area contributed by atoms with E-state index in [1.165, 1.54) is 4.90 Å². The topological polar surface area (TPSA) is 55.1 Å². The van der Waals surface area contributed by atoms with Gasteiger partial charge in [0.05, 0.1) is 0 Å². The summed E-state index contributed by atoms with van der Waals surface area (Å²) in [5, 5.41) is 2.88. The summed E-state index contributed by atoms with van der Waals surface area (Å²) < 4.78 is 0.196. The van der Waals surface area contributed by atoms with Gasteiger partial charge in [0.25, 0.3) is 0 Å². The van der Waals surface area contributed by atoms with Crippen molar-refractivity contribution in [3.05, 3.63) is 24.3 Å². The number of hydrogen-bond acceptors (Lipinski definition) is 3. The summed E-state index contributed by atoms with van der Waals surface area (Å²) in [5.74, 6) is 0.0218. The quantitative estimate of drug-likeness (QED) is 0.805. The molecule has 5 heteroatoms. The second kappa shape index (κ2) is 8.55. The van der Waals surface area contributed by atoms with Crippen LogP contribution in [-0.4, -0.2) is 16.7 Å². The van der Waals surface area contributed by atoms with Crippen LogP contribution in [0.2, 0.25) is 0 Å². The summed E-state index contributed by atoms with van der Waals surface area (Å²) in [6.45, 7) is 8.45. The van der Waals surface area contributed by atoms with E-state index in [1.54, 1.807) is 0 Å². The fourth-order valence-electron chi connectivity index (χ4n) is 1.54. The van der Waals surface area contributed by atoms with Crippen LogP contribution in [0.5, 0.6) is 0 Å². The lowest BCUT2D eigenvalue weighted by atomic mass is 10.2. The number of halogens is 1. The number of rotatable bonds is 5. The zero-order chi connectivity index (χ0) is 14.5. The average molecular weight is 317 g/mol. The Hall–Kier alpha value is -0.710. The van der Waals surface area contributed by atoms with Crippen molar-refractivity contribution < 1.29 is 4.79 Å². The van der Waals surface area contributed by atoms with Gasteiger partial charge in [-0.1, -0.05) is 20.8 Å². The van der Waals surface area contributed by atoms with E-state index in [0.717, 1.165) is 5.69 Å². The molecule has 0 bridgehead atoms. The van der Waals surface area contributed by atoms with E-state index in [-0.39, 0.29) is 29.1 Å². The van der Waals surface area contributed by atoms with Gasteiger partial charge in [0, 0.05) is 27.8 Å². The first-order valence-electron chi connectivity index (χ1n) is 6.61. The number of benzene rings is 1. The van der Waals surface area contributed by atoms with Crippen LogP contribution in [0.4, 0.5) is 5.69 Å². The van der Waals surface area contributed by atoms with Crippen molar-refractivity contribution in [3.63, 3.8) is 0 Å². The molecule has 0 radical (unpaired) electrons. The predicted octanol–water partition coefficient (Wildman–Crippen LogP) is 4.06. The molecule has 20 heavy (non-hydrogen) atoms. The van der Waals surface area contributed by atoms with Crippen LogP contribution in [0.1, 0.15) is 40.5 Å². The van der Waals surface area contributed by atoms with Crippen LogP contribution in [0.3, 0.4) is 0 Å². The molecule has 3 N–H and O–H groups in total. The maximum atomic E-state index is 11.7. The van der Waals surface area contributed by atoms with Crippen LogP contribution in [0.25, 0.3) is 0 Å². The van der Waals surface area contributed by atoms with Gasteiger partial charge in [-0.15, -0.1) is 24.2 Å². The highest BCUT2D eigenvalue weighted by Gasteiger charge is 2.12. The molecule has 1 aromatic carbocycles. The lowest BCUT2D eigenvalue weighted by molar-refractivity contribution is -0.116. The molecule has 3 nitrogen and oxygen atoms in total. The van der Waals surface area contributed by atoms with Gasteiger partial charge >= 0.3 is 0 Å². The molecule has 0 aliphatic carbocycles. The predicted molar refractivity (Wildman–Crippen MR) is 90.8 cm³/mol. The molecule has 1 atom stereocenters. The highest BCUT2D eigenvalue weighted by molar-refractivity contribution is 8.00. The first kappa shape index (κ1) is 19.3. The van der Waals surface area contributed by atoms with Gasteiger partial charge in [-0.2, -0.15) is 0 Å². The third kappa shape index (κ3) is 8.46. The average Bonchev–Trinajstić information content (AvgIpc) is 2.27. The lowest BCUT2D eigenvalue weighted by Gasteiger charge is -2.17. The van der Waals surface area contributed by atoms with Crippen molar-refractivity contribution in [2.45, 2.75) is 56.2 Å². The minimum atomic E-state index is 0. The highest BCUT2D eigenvalue weighted by Crippen LogP contribution is 2.32. The molecular weight excluding hydrogens is 292 g/mol. The van der Waals surface area contributed by atoms with Gasteiger partial charge in [-0.3, -0.25) is 4.79 Å². The number of nitrogens with one attached hydrogen (secondary N) is 1. The van der Waals surface area contributed by atoms with Crippen LogP contribution in [0, 0.1) is 0 Å². The summed E-state index contributed by atoms with van der Waals surface area (Å²) in [6.07, 6.45) is 1.18. The molecule has 0 saturated heterocycles. The van der Waals surface area contributed by atoms with E-state index in [4.69, 9.17) is 5.73 Å². The van der Waals surface area contributed by atoms with Gasteiger partial charge in [-0.25, -0.2) is 0 Å². The standard InChI is InChI=1S/C15H24N2OS.ClH/c1-11(16)5-10-14(18)17-12-6-8-13(9-7-12)19-15(2,3)4;/h6-9,11H,5,10,16H2,1-4H3,(H,17,18);1H. The second-order valence-electron chi connectivity index (χ2n) is 5.80. The molecule has 1 amide bonds. The zero-order valence-corrected chi connectivity index (χ0v) is 14.2. The van der Waals surface area contributed by atoms with Crippen molar-refractivity contribution in [3.8, 4) is 0 Å². The molecule has 0 saturated carbocycles. The van der Waals surface area contributed by atoms with Crippen molar-refractivity contribution >= 4 is 35.8 Å². The fraction of sp³-hybridized carbons (Fsp3) is 0.533. The maximum Gasteiger partial charge on any atom is 0.224 e. The Balaban J connectivity index is 0.00000361. The minimum absolute atomic E-state index is 0. The summed E-state index contributed by atoms with van der Waals surface area (Å²) in [5.41, 5.74) is 6.47. The molecule has 114 valence electrons. The number of nitrogens with two attached hydrogens (primary N) is 1. The number of anilines is 1. The van der Waals surface area contributed by atoms with Crippen molar-refractivity contribution in [1.29, 1.82) is 0 Å². The molecule has 0 aromatic heterocycles. The van der Waals surface area contributed by atoms with Crippen LogP contribution < -0.4 is 11.1 Å². The number of carbonyl (C=O) groups is 1. The lowest BCUT2D eigenvalue weighted by Crippen LogP contribution is -2.19. The first-order chi connectivity index (χ1) is 8.76. The van der Waals surface area contributed by atoms with Gasteiger partial charge in [0.2, 0.25) is 5.91 Å². The fourth-order valence-corrected chi connectivity index (χ4v) is 2.52. The highest BCUT2D eigenvalue weighted by atomic mass is 35.5. The Labute approximate surface area is 132 Å². The third-order valence-electron chi connectivity index (χ3n) is 2.39. The molecule has 0 spiro atoms. The van der Waals surface area contributed by atoms with Gasteiger partial charge in [0.15, 0.2) is 0 Å². The number of amides is 1. The molecule has 1 unspecified atom stereocenters. The third-order valence-corrected chi connectivity index (χ3v) is 3.51. The van der Waals surface area contributed by atoms with Crippen molar-refractivity contribution in [1.82, 2.24) is 0 Å². The zero-order valence-electron chi connectivity index (χ0n) is 12.6. The van der Waals surface area contributed by atoms with Crippen LogP contribution in [-0.2, 0) is 4.79 Å². The number of hydrogen-bond donors (Lipinski definition) is 2. The SMILES string of the molecule is CC(N)CCC(=O)Nc1ccc(SC(C)(C)C)cc1.Cl. The summed E-state index contributed by atoms with van der Waals surface area (Å²) in [7, 11) is 0. The Morgan fingerprint density at radius 3 is 2.30 bits per heavy atom. The molecule has 0 fully saturated rings. The summed E-state index contributed by atoms with van der Waals surface area (Å²) in [4.78, 5) is 12.9. The molecule has 1 rings (SSSR count). The first-order valence-corrected chi connectivity index (χ1v) is 7.42. The van der Waals surface area contributed by atoms with E-state index in [2.05, 4.69) is 26.1 Å². The summed E-state index contributed by atoms with van der Waals surface area (Å²) in [6, 6.07) is 8.03. The van der Waals surface area contributed by atoms with Gasteiger partial charge < -0.3 is 11.1 Å². The monoisotopic (exact) mass is 316 g/mol. The van der Waals surface area contributed by atoms with Crippen molar-refractivity contribution in [2.24, 2.45) is 5.73 Å². The van der Waals surface area contributed by atoms with Crippen LogP contribution >= 0.6 is 24.2 Å². The molecule has 0 aliphatic rings. The Bertz CT molecular complexity index is 413. The van der Waals surface area contributed by atoms with Gasteiger partial charge in [0.1, 0.15) is 0 Å². The largest absolute Gasteiger partial charge is 0.328 e. The van der Waals surface area contributed by atoms with Crippen LogP contribution in [0.15, 0.2) is 29.2 Å².